The molecule has 0 amide bonds. The Labute approximate surface area is 125 Å². The molecular formula is C13H13Cl2FN2S. The van der Waals surface area contributed by atoms with Crippen LogP contribution in [-0.2, 0) is 12.4 Å². The highest BCUT2D eigenvalue weighted by atomic mass is 35.5. The monoisotopic (exact) mass is 318 g/mol. The molecule has 3 rings (SSSR count). The van der Waals surface area contributed by atoms with Gasteiger partial charge in [-0.15, -0.1) is 11.6 Å². The van der Waals surface area contributed by atoms with Gasteiger partial charge in [0.05, 0.1) is 21.9 Å². The summed E-state index contributed by atoms with van der Waals surface area (Å²) in [5.41, 5.74) is 1.50. The molecule has 102 valence electrons. The van der Waals surface area contributed by atoms with Gasteiger partial charge in [0.25, 0.3) is 0 Å². The van der Waals surface area contributed by atoms with E-state index in [4.69, 9.17) is 23.2 Å². The molecule has 1 saturated heterocycles. The van der Waals surface area contributed by atoms with Crippen molar-refractivity contribution in [3.8, 4) is 0 Å². The van der Waals surface area contributed by atoms with Crippen LogP contribution in [0.25, 0.3) is 11.0 Å². The van der Waals surface area contributed by atoms with Crippen molar-refractivity contribution < 1.29 is 4.39 Å². The van der Waals surface area contributed by atoms with Crippen LogP contribution in [0.4, 0.5) is 4.39 Å². The van der Waals surface area contributed by atoms with Crippen LogP contribution in [0.1, 0.15) is 12.2 Å². The molecule has 0 N–H and O–H groups in total. The first kappa shape index (κ1) is 13.5. The number of imidazole rings is 1. The lowest BCUT2D eigenvalue weighted by molar-refractivity contribution is 0.492. The van der Waals surface area contributed by atoms with Crippen molar-refractivity contribution in [3.63, 3.8) is 0 Å². The summed E-state index contributed by atoms with van der Waals surface area (Å²) >= 11 is 13.7. The van der Waals surface area contributed by atoms with Gasteiger partial charge in [0, 0.05) is 12.6 Å². The third kappa shape index (κ3) is 2.58. The zero-order valence-electron chi connectivity index (χ0n) is 10.2. The number of rotatable bonds is 3. The average molecular weight is 319 g/mol. The van der Waals surface area contributed by atoms with Crippen molar-refractivity contribution >= 4 is 46.0 Å². The van der Waals surface area contributed by atoms with E-state index in [-0.39, 0.29) is 5.02 Å². The number of hydrogen-bond acceptors (Lipinski definition) is 2. The molecule has 0 spiro atoms. The standard InChI is InChI=1S/C13H13Cl2FN2S/c14-5-13-17-11-3-9(15)10(16)4-12(11)18(13)6-8-1-2-19-7-8/h3-4,8H,1-2,5-7H2. The van der Waals surface area contributed by atoms with Gasteiger partial charge in [-0.1, -0.05) is 11.6 Å². The maximum atomic E-state index is 13.6. The lowest BCUT2D eigenvalue weighted by Crippen LogP contribution is -2.12. The number of alkyl halides is 1. The predicted octanol–water partition coefficient (Wildman–Crippen LogP) is 4.32. The van der Waals surface area contributed by atoms with E-state index in [0.717, 1.165) is 23.6 Å². The minimum atomic E-state index is -0.405. The summed E-state index contributed by atoms with van der Waals surface area (Å²) in [4.78, 5) is 4.45. The minimum absolute atomic E-state index is 0.106. The maximum absolute atomic E-state index is 13.6. The van der Waals surface area contributed by atoms with Crippen molar-refractivity contribution in [2.45, 2.75) is 18.8 Å². The number of fused-ring (bicyclic) bond motifs is 1. The zero-order chi connectivity index (χ0) is 13.4. The number of benzene rings is 1. The summed E-state index contributed by atoms with van der Waals surface area (Å²) < 4.78 is 15.7. The summed E-state index contributed by atoms with van der Waals surface area (Å²) in [6, 6.07) is 3.03. The Kier molecular flexibility index (Phi) is 3.92. The minimum Gasteiger partial charge on any atom is -0.327 e. The molecule has 6 heteroatoms. The SMILES string of the molecule is Fc1cc2c(cc1Cl)nc(CCl)n2CC1CCSC1. The van der Waals surface area contributed by atoms with Crippen molar-refractivity contribution in [1.82, 2.24) is 9.55 Å². The summed E-state index contributed by atoms with van der Waals surface area (Å²) in [6.45, 7) is 0.854. The normalized spacial score (nSPS) is 19.4. The van der Waals surface area contributed by atoms with E-state index >= 15 is 0 Å². The fourth-order valence-electron chi connectivity index (χ4n) is 2.46. The molecule has 0 saturated carbocycles. The van der Waals surface area contributed by atoms with Gasteiger partial charge in [-0.05, 0) is 29.9 Å². The van der Waals surface area contributed by atoms with Crippen LogP contribution in [0.2, 0.25) is 5.02 Å². The van der Waals surface area contributed by atoms with Crippen LogP contribution in [-0.4, -0.2) is 21.1 Å². The second kappa shape index (κ2) is 5.51. The lowest BCUT2D eigenvalue weighted by atomic mass is 10.1. The molecular weight excluding hydrogens is 306 g/mol. The van der Waals surface area contributed by atoms with Crippen LogP contribution >= 0.6 is 35.0 Å². The van der Waals surface area contributed by atoms with Gasteiger partial charge in [0.1, 0.15) is 11.6 Å². The molecule has 1 atom stereocenters. The first-order valence-corrected chi connectivity index (χ1v) is 8.23. The van der Waals surface area contributed by atoms with Crippen LogP contribution in [0.5, 0.6) is 0 Å². The van der Waals surface area contributed by atoms with Crippen LogP contribution in [0, 0.1) is 11.7 Å². The van der Waals surface area contributed by atoms with E-state index in [2.05, 4.69) is 4.98 Å². The van der Waals surface area contributed by atoms with E-state index in [1.165, 1.54) is 18.2 Å². The summed E-state index contributed by atoms with van der Waals surface area (Å²) in [5, 5.41) is 0.106. The zero-order valence-corrected chi connectivity index (χ0v) is 12.5. The third-order valence-electron chi connectivity index (χ3n) is 3.45. The number of hydrogen-bond donors (Lipinski definition) is 0. The molecule has 19 heavy (non-hydrogen) atoms. The molecule has 0 radical (unpaired) electrons. The van der Waals surface area contributed by atoms with Crippen molar-refractivity contribution in [1.29, 1.82) is 0 Å². The highest BCUT2D eigenvalue weighted by Gasteiger charge is 2.20. The van der Waals surface area contributed by atoms with Gasteiger partial charge in [0.15, 0.2) is 0 Å². The number of aromatic nitrogens is 2. The topological polar surface area (TPSA) is 17.8 Å². The quantitative estimate of drug-likeness (QED) is 0.784. The summed E-state index contributed by atoms with van der Waals surface area (Å²) in [6.07, 6.45) is 1.20. The highest BCUT2D eigenvalue weighted by molar-refractivity contribution is 7.99. The van der Waals surface area contributed by atoms with Gasteiger partial charge < -0.3 is 4.57 Å². The summed E-state index contributed by atoms with van der Waals surface area (Å²) in [7, 11) is 0. The fraction of sp³-hybridized carbons (Fsp3) is 0.462. The Balaban J connectivity index is 2.06. The molecule has 1 aliphatic rings. The molecule has 2 heterocycles. The molecule has 1 aromatic heterocycles. The van der Waals surface area contributed by atoms with E-state index in [0.29, 0.717) is 17.3 Å². The molecule has 1 aromatic carbocycles. The van der Waals surface area contributed by atoms with Crippen LogP contribution in [0.3, 0.4) is 0 Å². The molecule has 1 fully saturated rings. The number of halogens is 3. The predicted molar refractivity (Wildman–Crippen MR) is 79.7 cm³/mol. The molecule has 0 aliphatic carbocycles. The molecule has 2 aromatic rings. The maximum Gasteiger partial charge on any atom is 0.144 e. The van der Waals surface area contributed by atoms with Crippen molar-refractivity contribution in [3.05, 3.63) is 28.8 Å². The van der Waals surface area contributed by atoms with Crippen LogP contribution in [0.15, 0.2) is 12.1 Å². The van der Waals surface area contributed by atoms with Gasteiger partial charge in [-0.2, -0.15) is 11.8 Å². The Hall–Kier alpha value is -0.450. The highest BCUT2D eigenvalue weighted by Crippen LogP contribution is 2.29. The van der Waals surface area contributed by atoms with E-state index in [9.17, 15) is 4.39 Å². The largest absolute Gasteiger partial charge is 0.327 e. The molecule has 1 aliphatic heterocycles. The first-order chi connectivity index (χ1) is 9.19. The Morgan fingerprint density at radius 3 is 3.00 bits per heavy atom. The Morgan fingerprint density at radius 2 is 2.32 bits per heavy atom. The van der Waals surface area contributed by atoms with Gasteiger partial charge >= 0.3 is 0 Å². The van der Waals surface area contributed by atoms with Crippen LogP contribution < -0.4 is 0 Å². The second-order valence-electron chi connectivity index (χ2n) is 4.76. The molecule has 2 nitrogen and oxygen atoms in total. The van der Waals surface area contributed by atoms with E-state index in [1.807, 2.05) is 16.3 Å². The van der Waals surface area contributed by atoms with E-state index in [1.54, 1.807) is 6.07 Å². The third-order valence-corrected chi connectivity index (χ3v) is 5.21. The smallest absolute Gasteiger partial charge is 0.144 e. The van der Waals surface area contributed by atoms with Gasteiger partial charge in [-0.25, -0.2) is 9.37 Å². The first-order valence-electron chi connectivity index (χ1n) is 6.17. The fourth-order valence-corrected chi connectivity index (χ4v) is 4.10. The lowest BCUT2D eigenvalue weighted by Gasteiger charge is -2.12. The molecule has 0 bridgehead atoms. The molecule has 1 unspecified atom stereocenters. The van der Waals surface area contributed by atoms with Crippen molar-refractivity contribution in [2.75, 3.05) is 11.5 Å². The Bertz CT molecular complexity index is 608. The Morgan fingerprint density at radius 1 is 1.47 bits per heavy atom. The van der Waals surface area contributed by atoms with Gasteiger partial charge in [-0.3, -0.25) is 0 Å². The second-order valence-corrected chi connectivity index (χ2v) is 6.58. The average Bonchev–Trinajstić information content (AvgIpc) is 3.00. The number of thioether (sulfide) groups is 1. The summed E-state index contributed by atoms with van der Waals surface area (Å²) in [5.74, 6) is 3.68. The van der Waals surface area contributed by atoms with Crippen molar-refractivity contribution in [2.24, 2.45) is 5.92 Å². The number of nitrogens with zero attached hydrogens (tertiary/aromatic N) is 2. The van der Waals surface area contributed by atoms with Gasteiger partial charge in [0.2, 0.25) is 0 Å². The van der Waals surface area contributed by atoms with E-state index < -0.39 is 5.82 Å².